The fourth-order valence-electron chi connectivity index (χ4n) is 5.62. The van der Waals surface area contributed by atoms with Crippen LogP contribution in [0, 0.1) is 17.5 Å². The average Bonchev–Trinajstić information content (AvgIpc) is 3.01. The Bertz CT molecular complexity index is 1280. The molecule has 0 bridgehead atoms. The van der Waals surface area contributed by atoms with Gasteiger partial charge in [-0.2, -0.15) is 0 Å². The van der Waals surface area contributed by atoms with Crippen molar-refractivity contribution in [1.82, 2.24) is 0 Å². The van der Waals surface area contributed by atoms with Crippen molar-refractivity contribution in [2.75, 3.05) is 13.2 Å². The van der Waals surface area contributed by atoms with Crippen LogP contribution in [0.25, 0.3) is 22.3 Å². The Morgan fingerprint density at radius 2 is 1.38 bits per heavy atom. The maximum Gasteiger partial charge on any atom is 0.166 e. The lowest BCUT2D eigenvalue weighted by atomic mass is 9.94. The first-order valence-electron chi connectivity index (χ1n) is 15.7. The molecule has 1 heterocycles. The molecule has 0 radical (unpaired) electrons. The van der Waals surface area contributed by atoms with Crippen LogP contribution >= 0.6 is 0 Å². The van der Waals surface area contributed by atoms with Gasteiger partial charge in [-0.15, -0.1) is 0 Å². The van der Waals surface area contributed by atoms with Crippen molar-refractivity contribution in [2.24, 2.45) is 0 Å². The first-order chi connectivity index (χ1) is 20.5. The van der Waals surface area contributed by atoms with Gasteiger partial charge in [-0.3, -0.25) is 0 Å². The van der Waals surface area contributed by atoms with Gasteiger partial charge in [-0.25, -0.2) is 13.2 Å². The molecule has 2 nitrogen and oxygen atoms in total. The minimum atomic E-state index is -0.809. The van der Waals surface area contributed by atoms with E-state index in [0.717, 1.165) is 43.2 Å². The van der Waals surface area contributed by atoms with Gasteiger partial charge in [0.15, 0.2) is 17.9 Å². The van der Waals surface area contributed by atoms with Gasteiger partial charge in [0.1, 0.15) is 5.82 Å². The number of rotatable bonds is 15. The molecule has 0 aliphatic carbocycles. The third-order valence-corrected chi connectivity index (χ3v) is 8.20. The number of ether oxygens (including phenoxy) is 2. The minimum absolute atomic E-state index is 0.157. The molecule has 3 aromatic rings. The molecule has 1 aliphatic rings. The smallest absolute Gasteiger partial charge is 0.166 e. The second-order valence-electron chi connectivity index (χ2n) is 11.4. The number of hydrogen-bond acceptors (Lipinski definition) is 2. The van der Waals surface area contributed by atoms with Gasteiger partial charge in [-0.05, 0) is 60.1 Å². The lowest BCUT2D eigenvalue weighted by molar-refractivity contribution is -0.189. The Morgan fingerprint density at radius 3 is 2.05 bits per heavy atom. The second-order valence-corrected chi connectivity index (χ2v) is 11.4. The molecule has 0 N–H and O–H groups in total. The number of hydrogen-bond donors (Lipinski definition) is 0. The summed E-state index contributed by atoms with van der Waals surface area (Å²) in [4.78, 5) is 0. The van der Waals surface area contributed by atoms with E-state index in [1.54, 1.807) is 30.3 Å². The molecule has 0 saturated carbocycles. The fourth-order valence-corrected chi connectivity index (χ4v) is 5.62. The SMILES string of the molecule is CC=CCCC1OCC(c2ccc(-c3ccc(-c4ccc(CCCCCCCCCC)c(F)c4F)cc3)cc2F)CO1. The topological polar surface area (TPSA) is 18.5 Å². The van der Waals surface area contributed by atoms with Crippen LogP contribution in [0.1, 0.15) is 95.1 Å². The van der Waals surface area contributed by atoms with Crippen LogP contribution in [0.2, 0.25) is 0 Å². The summed E-state index contributed by atoms with van der Waals surface area (Å²) < 4.78 is 56.7. The standard InChI is InChI=1S/C37H45F3O2/c1-3-5-7-8-9-10-11-13-14-29-20-23-33(37(40)36(29)39)28-18-16-27(17-19-28)30-21-22-32(34(38)24-30)31-25-41-35(42-26-31)15-12-6-4-2/h4,6,16-24,31,35H,3,5,7-15,25-26H2,1-2H3. The van der Waals surface area contributed by atoms with Crippen molar-refractivity contribution >= 4 is 0 Å². The summed E-state index contributed by atoms with van der Waals surface area (Å²) in [6, 6.07) is 15.7. The molecule has 0 unspecified atom stereocenters. The minimum Gasteiger partial charge on any atom is -0.352 e. The molecule has 1 saturated heterocycles. The monoisotopic (exact) mass is 578 g/mol. The van der Waals surface area contributed by atoms with E-state index in [-0.39, 0.29) is 23.6 Å². The van der Waals surface area contributed by atoms with E-state index in [2.05, 4.69) is 13.0 Å². The Hall–Kier alpha value is -2.89. The first kappa shape index (κ1) is 32.0. The maximum absolute atomic E-state index is 15.1. The van der Waals surface area contributed by atoms with Crippen LogP contribution in [-0.2, 0) is 15.9 Å². The molecular formula is C37H45F3O2. The maximum atomic E-state index is 15.1. The molecule has 42 heavy (non-hydrogen) atoms. The molecule has 0 aromatic heterocycles. The Balaban J connectivity index is 1.33. The van der Waals surface area contributed by atoms with Crippen molar-refractivity contribution in [1.29, 1.82) is 0 Å². The normalized spacial score (nSPS) is 17.3. The van der Waals surface area contributed by atoms with Gasteiger partial charge in [0.2, 0.25) is 0 Å². The quantitative estimate of drug-likeness (QED) is 0.132. The van der Waals surface area contributed by atoms with Gasteiger partial charge in [0, 0.05) is 17.9 Å². The Morgan fingerprint density at radius 1 is 0.738 bits per heavy atom. The highest BCUT2D eigenvalue weighted by molar-refractivity contribution is 5.71. The number of halogens is 3. The van der Waals surface area contributed by atoms with Crippen molar-refractivity contribution in [3.63, 3.8) is 0 Å². The third kappa shape index (κ3) is 8.81. The molecule has 3 aromatic carbocycles. The van der Waals surface area contributed by atoms with Gasteiger partial charge in [-0.1, -0.05) is 113 Å². The van der Waals surface area contributed by atoms with Gasteiger partial charge in [0.05, 0.1) is 13.2 Å². The van der Waals surface area contributed by atoms with Crippen LogP contribution in [0.4, 0.5) is 13.2 Å². The fraction of sp³-hybridized carbons (Fsp3) is 0.459. The van der Waals surface area contributed by atoms with Crippen molar-refractivity contribution < 1.29 is 22.6 Å². The summed E-state index contributed by atoms with van der Waals surface area (Å²) >= 11 is 0. The van der Waals surface area contributed by atoms with E-state index in [1.807, 2.05) is 31.2 Å². The van der Waals surface area contributed by atoms with E-state index < -0.39 is 11.6 Å². The summed E-state index contributed by atoms with van der Waals surface area (Å²) in [6.07, 6.45) is 15.4. The van der Waals surface area contributed by atoms with E-state index in [1.165, 1.54) is 38.2 Å². The van der Waals surface area contributed by atoms with E-state index in [4.69, 9.17) is 9.47 Å². The summed E-state index contributed by atoms with van der Waals surface area (Å²) in [5, 5.41) is 0. The molecule has 0 amide bonds. The van der Waals surface area contributed by atoms with Crippen LogP contribution in [0.3, 0.4) is 0 Å². The average molecular weight is 579 g/mol. The molecule has 0 atom stereocenters. The number of allylic oxidation sites excluding steroid dienone is 2. The molecule has 4 rings (SSSR count). The van der Waals surface area contributed by atoms with Gasteiger partial charge in [0.25, 0.3) is 0 Å². The summed E-state index contributed by atoms with van der Waals surface area (Å²) in [5.74, 6) is -2.02. The van der Waals surface area contributed by atoms with E-state index in [9.17, 15) is 4.39 Å². The third-order valence-electron chi connectivity index (χ3n) is 8.20. The van der Waals surface area contributed by atoms with Gasteiger partial charge < -0.3 is 9.47 Å². The predicted molar refractivity (Wildman–Crippen MR) is 166 cm³/mol. The second kappa shape index (κ2) is 16.7. The van der Waals surface area contributed by atoms with Crippen LogP contribution in [-0.4, -0.2) is 19.5 Å². The van der Waals surface area contributed by atoms with Crippen molar-refractivity contribution in [3.05, 3.63) is 95.3 Å². The molecular weight excluding hydrogens is 533 g/mol. The highest BCUT2D eigenvalue weighted by Crippen LogP contribution is 2.32. The Labute approximate surface area is 250 Å². The predicted octanol–water partition coefficient (Wildman–Crippen LogP) is 10.9. The van der Waals surface area contributed by atoms with Crippen LogP contribution < -0.4 is 0 Å². The zero-order valence-corrected chi connectivity index (χ0v) is 25.1. The number of aryl methyl sites for hydroxylation is 1. The van der Waals surface area contributed by atoms with Crippen LogP contribution in [0.5, 0.6) is 0 Å². The van der Waals surface area contributed by atoms with Crippen molar-refractivity contribution in [2.45, 2.75) is 96.7 Å². The molecule has 0 spiro atoms. The summed E-state index contributed by atoms with van der Waals surface area (Å²) in [5.41, 5.74) is 3.36. The van der Waals surface area contributed by atoms with E-state index >= 15 is 8.78 Å². The van der Waals surface area contributed by atoms with E-state index in [0.29, 0.717) is 36.3 Å². The van der Waals surface area contributed by atoms with Crippen molar-refractivity contribution in [3.8, 4) is 22.3 Å². The number of unbranched alkanes of at least 4 members (excludes halogenated alkanes) is 7. The lowest BCUT2D eigenvalue weighted by Crippen LogP contribution is -2.31. The molecule has 1 aliphatic heterocycles. The summed E-state index contributed by atoms with van der Waals surface area (Å²) in [6.45, 7) is 5.04. The molecule has 226 valence electrons. The van der Waals surface area contributed by atoms with Gasteiger partial charge >= 0.3 is 0 Å². The Kier molecular flexibility index (Phi) is 12.7. The number of benzene rings is 3. The summed E-state index contributed by atoms with van der Waals surface area (Å²) in [7, 11) is 0. The highest BCUT2D eigenvalue weighted by atomic mass is 19.2. The highest BCUT2D eigenvalue weighted by Gasteiger charge is 2.25. The zero-order valence-electron chi connectivity index (χ0n) is 25.1. The first-order valence-corrected chi connectivity index (χ1v) is 15.7. The molecule has 1 fully saturated rings. The molecule has 5 heteroatoms. The largest absolute Gasteiger partial charge is 0.352 e. The zero-order chi connectivity index (χ0) is 29.7. The lowest BCUT2D eigenvalue weighted by Gasteiger charge is -2.29. The van der Waals surface area contributed by atoms with Crippen LogP contribution in [0.15, 0.2) is 66.7 Å².